The van der Waals surface area contributed by atoms with E-state index in [0.29, 0.717) is 0 Å². The largest absolute Gasteiger partial charge is 0.347 e. The lowest BCUT2D eigenvalue weighted by Crippen LogP contribution is -1.94. The van der Waals surface area contributed by atoms with Crippen LogP contribution in [0.4, 0.5) is 5.82 Å². The lowest BCUT2D eigenvalue weighted by atomic mass is 10.1. The van der Waals surface area contributed by atoms with Crippen LogP contribution >= 0.6 is 15.9 Å². The number of hydrogen-bond acceptors (Lipinski definition) is 2. The number of pyridine rings is 1. The van der Waals surface area contributed by atoms with E-state index in [-0.39, 0.29) is 0 Å². The second-order valence-corrected chi connectivity index (χ2v) is 3.66. The SMILES string of the molecule is Brc1cnc2c(c1)CCC=CN2. The van der Waals surface area contributed by atoms with Gasteiger partial charge in [0.15, 0.2) is 0 Å². The molecule has 2 nitrogen and oxygen atoms in total. The summed E-state index contributed by atoms with van der Waals surface area (Å²) in [5.41, 5.74) is 1.27. The molecule has 1 N–H and O–H groups in total. The third kappa shape index (κ3) is 1.50. The van der Waals surface area contributed by atoms with Crippen LogP contribution < -0.4 is 5.32 Å². The van der Waals surface area contributed by atoms with Gasteiger partial charge < -0.3 is 5.32 Å². The maximum atomic E-state index is 4.27. The van der Waals surface area contributed by atoms with E-state index < -0.39 is 0 Å². The molecular formula is C9H9BrN2. The number of aromatic nitrogens is 1. The number of aryl methyl sites for hydroxylation is 1. The molecular weight excluding hydrogens is 216 g/mol. The molecule has 0 spiro atoms. The molecule has 62 valence electrons. The Morgan fingerprint density at radius 1 is 1.50 bits per heavy atom. The summed E-state index contributed by atoms with van der Waals surface area (Å²) in [4.78, 5) is 4.27. The second kappa shape index (κ2) is 3.27. The maximum Gasteiger partial charge on any atom is 0.133 e. The zero-order valence-electron chi connectivity index (χ0n) is 6.55. The molecule has 0 amide bonds. The Balaban J connectivity index is 2.42. The van der Waals surface area contributed by atoms with Crippen molar-refractivity contribution in [3.8, 4) is 0 Å². The lowest BCUT2D eigenvalue weighted by molar-refractivity contribution is 1.00. The van der Waals surface area contributed by atoms with Gasteiger partial charge in [0, 0.05) is 10.7 Å². The third-order valence-electron chi connectivity index (χ3n) is 1.85. The van der Waals surface area contributed by atoms with Gasteiger partial charge >= 0.3 is 0 Å². The molecule has 0 radical (unpaired) electrons. The molecule has 0 atom stereocenters. The van der Waals surface area contributed by atoms with E-state index in [9.17, 15) is 0 Å². The Hall–Kier alpha value is -0.830. The zero-order chi connectivity index (χ0) is 8.39. The summed E-state index contributed by atoms with van der Waals surface area (Å²) < 4.78 is 1.05. The molecule has 12 heavy (non-hydrogen) atoms. The summed E-state index contributed by atoms with van der Waals surface area (Å²) in [6.45, 7) is 0. The van der Waals surface area contributed by atoms with E-state index in [4.69, 9.17) is 0 Å². The first-order chi connectivity index (χ1) is 5.86. The van der Waals surface area contributed by atoms with Gasteiger partial charge in [0.2, 0.25) is 0 Å². The van der Waals surface area contributed by atoms with Crippen LogP contribution in [-0.4, -0.2) is 4.98 Å². The van der Waals surface area contributed by atoms with Crippen LogP contribution in [0.25, 0.3) is 0 Å². The number of halogens is 1. The third-order valence-corrected chi connectivity index (χ3v) is 2.29. The number of rotatable bonds is 0. The lowest BCUT2D eigenvalue weighted by Gasteiger charge is -2.04. The molecule has 0 bridgehead atoms. The van der Waals surface area contributed by atoms with Gasteiger partial charge in [-0.05, 0) is 46.6 Å². The molecule has 2 rings (SSSR count). The molecule has 0 unspecified atom stereocenters. The van der Waals surface area contributed by atoms with E-state index in [2.05, 4.69) is 38.4 Å². The number of anilines is 1. The van der Waals surface area contributed by atoms with Crippen molar-refractivity contribution >= 4 is 21.7 Å². The van der Waals surface area contributed by atoms with Gasteiger partial charge in [-0.15, -0.1) is 0 Å². The normalized spacial score (nSPS) is 14.8. The molecule has 1 aliphatic heterocycles. The van der Waals surface area contributed by atoms with Crippen molar-refractivity contribution in [3.05, 3.63) is 34.6 Å². The van der Waals surface area contributed by atoms with E-state index in [1.54, 1.807) is 0 Å². The van der Waals surface area contributed by atoms with Crippen molar-refractivity contribution in [3.63, 3.8) is 0 Å². The Morgan fingerprint density at radius 3 is 3.33 bits per heavy atom. The van der Waals surface area contributed by atoms with Crippen LogP contribution in [0.15, 0.2) is 29.0 Å². The van der Waals surface area contributed by atoms with E-state index >= 15 is 0 Å². The summed E-state index contributed by atoms with van der Waals surface area (Å²) in [6, 6.07) is 2.11. The zero-order valence-corrected chi connectivity index (χ0v) is 8.13. The van der Waals surface area contributed by atoms with Crippen molar-refractivity contribution in [1.82, 2.24) is 4.98 Å². The highest BCUT2D eigenvalue weighted by molar-refractivity contribution is 9.10. The summed E-state index contributed by atoms with van der Waals surface area (Å²) >= 11 is 3.41. The molecule has 3 heteroatoms. The molecule has 0 fully saturated rings. The van der Waals surface area contributed by atoms with Crippen LogP contribution in [0.5, 0.6) is 0 Å². The van der Waals surface area contributed by atoms with Crippen LogP contribution in [0.3, 0.4) is 0 Å². The Morgan fingerprint density at radius 2 is 2.42 bits per heavy atom. The summed E-state index contributed by atoms with van der Waals surface area (Å²) in [5.74, 6) is 0.979. The Labute approximate surface area is 79.8 Å². The highest BCUT2D eigenvalue weighted by atomic mass is 79.9. The predicted molar refractivity (Wildman–Crippen MR) is 53.0 cm³/mol. The number of nitrogens with zero attached hydrogens (tertiary/aromatic N) is 1. The Bertz CT molecular complexity index is 320. The molecule has 2 heterocycles. The van der Waals surface area contributed by atoms with Gasteiger partial charge in [-0.3, -0.25) is 0 Å². The topological polar surface area (TPSA) is 24.9 Å². The molecule has 1 aromatic heterocycles. The monoisotopic (exact) mass is 224 g/mol. The average molecular weight is 225 g/mol. The minimum absolute atomic E-state index is 0.979. The van der Waals surface area contributed by atoms with Crippen molar-refractivity contribution in [1.29, 1.82) is 0 Å². The first-order valence-electron chi connectivity index (χ1n) is 3.92. The van der Waals surface area contributed by atoms with Crippen molar-refractivity contribution in [2.45, 2.75) is 12.8 Å². The van der Waals surface area contributed by atoms with Crippen LogP contribution in [0.2, 0.25) is 0 Å². The predicted octanol–water partition coefficient (Wildman–Crippen LogP) is 2.72. The minimum atomic E-state index is 0.979. The maximum absolute atomic E-state index is 4.27. The number of allylic oxidation sites excluding steroid dienone is 1. The standard InChI is InChI=1S/C9H9BrN2/c10-8-5-7-3-1-2-4-11-9(7)12-6-8/h2,4-6H,1,3H2,(H,11,12). The van der Waals surface area contributed by atoms with Gasteiger partial charge in [-0.25, -0.2) is 4.98 Å². The summed E-state index contributed by atoms with van der Waals surface area (Å²) in [6.07, 6.45) is 8.02. The first-order valence-corrected chi connectivity index (χ1v) is 4.71. The minimum Gasteiger partial charge on any atom is -0.347 e. The van der Waals surface area contributed by atoms with Crippen LogP contribution in [0.1, 0.15) is 12.0 Å². The average Bonchev–Trinajstić information content (AvgIpc) is 2.28. The quantitative estimate of drug-likeness (QED) is 0.734. The van der Waals surface area contributed by atoms with Crippen LogP contribution in [0, 0.1) is 0 Å². The fraction of sp³-hybridized carbons (Fsp3) is 0.222. The van der Waals surface area contributed by atoms with E-state index in [1.165, 1.54) is 5.56 Å². The molecule has 1 aliphatic rings. The van der Waals surface area contributed by atoms with Gasteiger partial charge in [-0.2, -0.15) is 0 Å². The smallest absolute Gasteiger partial charge is 0.133 e. The van der Waals surface area contributed by atoms with Gasteiger partial charge in [-0.1, -0.05) is 6.08 Å². The molecule has 0 aliphatic carbocycles. The van der Waals surface area contributed by atoms with E-state index in [1.807, 2.05) is 12.4 Å². The highest BCUT2D eigenvalue weighted by Gasteiger charge is 2.04. The van der Waals surface area contributed by atoms with Gasteiger partial charge in [0.25, 0.3) is 0 Å². The fourth-order valence-electron chi connectivity index (χ4n) is 1.26. The molecule has 0 saturated carbocycles. The van der Waals surface area contributed by atoms with Crippen LogP contribution in [-0.2, 0) is 6.42 Å². The second-order valence-electron chi connectivity index (χ2n) is 2.75. The van der Waals surface area contributed by atoms with Crippen molar-refractivity contribution in [2.75, 3.05) is 5.32 Å². The molecule has 0 aromatic carbocycles. The van der Waals surface area contributed by atoms with Gasteiger partial charge in [0.1, 0.15) is 5.82 Å². The molecule has 1 aromatic rings. The molecule has 0 saturated heterocycles. The van der Waals surface area contributed by atoms with E-state index in [0.717, 1.165) is 23.1 Å². The number of hydrogen-bond donors (Lipinski definition) is 1. The summed E-state index contributed by atoms with van der Waals surface area (Å²) in [7, 11) is 0. The summed E-state index contributed by atoms with van der Waals surface area (Å²) in [5, 5.41) is 3.14. The Kier molecular flexibility index (Phi) is 2.13. The number of nitrogens with one attached hydrogen (secondary N) is 1. The highest BCUT2D eigenvalue weighted by Crippen LogP contribution is 2.21. The van der Waals surface area contributed by atoms with Crippen molar-refractivity contribution < 1.29 is 0 Å². The number of fused-ring (bicyclic) bond motifs is 1. The van der Waals surface area contributed by atoms with Crippen molar-refractivity contribution in [2.24, 2.45) is 0 Å². The first kappa shape index (κ1) is 7.80. The fourth-order valence-corrected chi connectivity index (χ4v) is 1.64. The van der Waals surface area contributed by atoms with Gasteiger partial charge in [0.05, 0.1) is 0 Å².